The number of hydrogen-bond donors (Lipinski definition) is 0. The fourth-order valence-corrected chi connectivity index (χ4v) is 2.79. The summed E-state index contributed by atoms with van der Waals surface area (Å²) in [6.07, 6.45) is 6.66. The molecule has 1 atom stereocenters. The molecule has 3 nitrogen and oxygen atoms in total. The Morgan fingerprint density at radius 3 is 2.39 bits per heavy atom. The summed E-state index contributed by atoms with van der Waals surface area (Å²) < 4.78 is 5.30. The molecule has 0 N–H and O–H groups in total. The predicted octanol–water partition coefficient (Wildman–Crippen LogP) is 2.47. The van der Waals surface area contributed by atoms with Gasteiger partial charge < -0.3 is 14.5 Å². The molecule has 1 unspecified atom stereocenters. The molecule has 1 saturated heterocycles. The Hall–Kier alpha value is -0.120. The molecule has 0 aliphatic carbocycles. The zero-order valence-corrected chi connectivity index (χ0v) is 12.7. The van der Waals surface area contributed by atoms with E-state index in [0.717, 1.165) is 12.5 Å². The summed E-state index contributed by atoms with van der Waals surface area (Å²) in [5.41, 5.74) is 0. The van der Waals surface area contributed by atoms with Gasteiger partial charge in [0.25, 0.3) is 0 Å². The van der Waals surface area contributed by atoms with Gasteiger partial charge in [-0.15, -0.1) is 0 Å². The van der Waals surface area contributed by atoms with Crippen molar-refractivity contribution in [2.45, 2.75) is 39.0 Å². The molecule has 0 amide bonds. The van der Waals surface area contributed by atoms with E-state index in [0.29, 0.717) is 0 Å². The first kappa shape index (κ1) is 15.9. The maximum Gasteiger partial charge on any atom is 0.0490 e. The zero-order chi connectivity index (χ0) is 13.2. The molecular formula is C15H32N2O. The van der Waals surface area contributed by atoms with Gasteiger partial charge in [0, 0.05) is 39.9 Å². The molecule has 0 radical (unpaired) electrons. The first-order chi connectivity index (χ1) is 8.76. The molecule has 3 heteroatoms. The van der Waals surface area contributed by atoms with Gasteiger partial charge in [-0.1, -0.05) is 19.8 Å². The van der Waals surface area contributed by atoms with Crippen molar-refractivity contribution in [3.8, 4) is 0 Å². The second-order valence-electron chi connectivity index (χ2n) is 5.75. The average molecular weight is 256 g/mol. The van der Waals surface area contributed by atoms with Crippen molar-refractivity contribution in [1.82, 2.24) is 9.80 Å². The number of ether oxygens (including phenoxy) is 1. The maximum absolute atomic E-state index is 5.30. The van der Waals surface area contributed by atoms with E-state index in [1.165, 1.54) is 64.8 Å². The van der Waals surface area contributed by atoms with Gasteiger partial charge in [0.05, 0.1) is 0 Å². The van der Waals surface area contributed by atoms with Crippen LogP contribution in [0.3, 0.4) is 0 Å². The van der Waals surface area contributed by atoms with Crippen LogP contribution in [-0.2, 0) is 4.74 Å². The molecule has 1 fully saturated rings. The highest BCUT2D eigenvalue weighted by molar-refractivity contribution is 4.69. The molecule has 1 aliphatic heterocycles. The van der Waals surface area contributed by atoms with E-state index in [1.807, 2.05) is 7.11 Å². The van der Waals surface area contributed by atoms with Gasteiger partial charge in [-0.3, -0.25) is 0 Å². The highest BCUT2D eigenvalue weighted by Gasteiger charge is 2.13. The Morgan fingerprint density at radius 2 is 1.78 bits per heavy atom. The lowest BCUT2D eigenvalue weighted by Gasteiger charge is -2.32. The summed E-state index contributed by atoms with van der Waals surface area (Å²) in [6.45, 7) is 9.50. The van der Waals surface area contributed by atoms with Gasteiger partial charge in [-0.2, -0.15) is 0 Å². The first-order valence-electron chi connectivity index (χ1n) is 7.66. The van der Waals surface area contributed by atoms with Crippen molar-refractivity contribution in [3.05, 3.63) is 0 Å². The lowest BCUT2D eigenvalue weighted by atomic mass is 9.98. The third kappa shape index (κ3) is 6.72. The molecule has 0 spiro atoms. The van der Waals surface area contributed by atoms with E-state index in [2.05, 4.69) is 23.8 Å². The fraction of sp³-hybridized carbons (Fsp3) is 1.00. The summed E-state index contributed by atoms with van der Waals surface area (Å²) >= 11 is 0. The monoisotopic (exact) mass is 256 g/mol. The Labute approximate surface area is 113 Å². The Balaban J connectivity index is 2.02. The van der Waals surface area contributed by atoms with Crippen LogP contribution in [0.15, 0.2) is 0 Å². The number of nitrogens with zero attached hydrogens (tertiary/aromatic N) is 2. The number of methoxy groups -OCH3 is 1. The van der Waals surface area contributed by atoms with Crippen LogP contribution < -0.4 is 0 Å². The Morgan fingerprint density at radius 1 is 1.06 bits per heavy atom. The third-order valence-electron chi connectivity index (χ3n) is 4.03. The van der Waals surface area contributed by atoms with Gasteiger partial charge in [-0.05, 0) is 38.8 Å². The lowest BCUT2D eigenvalue weighted by molar-refractivity contribution is 0.135. The van der Waals surface area contributed by atoms with E-state index >= 15 is 0 Å². The van der Waals surface area contributed by atoms with Crippen LogP contribution in [0.25, 0.3) is 0 Å². The van der Waals surface area contributed by atoms with Crippen LogP contribution in [0, 0.1) is 5.92 Å². The normalized spacial score (nSPS) is 20.2. The lowest BCUT2D eigenvalue weighted by Crippen LogP contribution is -2.44. The van der Waals surface area contributed by atoms with Crippen LogP contribution >= 0.6 is 0 Å². The molecular weight excluding hydrogens is 224 g/mol. The number of unbranched alkanes of at least 4 members (excludes halogenated alkanes) is 1. The van der Waals surface area contributed by atoms with E-state index in [1.54, 1.807) is 0 Å². The van der Waals surface area contributed by atoms with Crippen molar-refractivity contribution < 1.29 is 4.74 Å². The molecule has 0 aromatic rings. The maximum atomic E-state index is 5.30. The molecule has 0 saturated carbocycles. The Kier molecular flexibility index (Phi) is 8.64. The molecule has 108 valence electrons. The topological polar surface area (TPSA) is 15.7 Å². The standard InChI is InChI=1S/C15H32N2O/c1-4-7-15(14-18-3)8-5-6-9-17-12-10-16(2)11-13-17/h15H,4-14H2,1-3H3. The second kappa shape index (κ2) is 9.76. The van der Waals surface area contributed by atoms with E-state index in [4.69, 9.17) is 4.74 Å². The molecule has 1 heterocycles. The summed E-state index contributed by atoms with van der Waals surface area (Å²) in [4.78, 5) is 5.04. The molecule has 18 heavy (non-hydrogen) atoms. The number of rotatable bonds is 9. The van der Waals surface area contributed by atoms with Crippen molar-refractivity contribution in [2.24, 2.45) is 5.92 Å². The summed E-state index contributed by atoms with van der Waals surface area (Å²) in [6, 6.07) is 0. The summed E-state index contributed by atoms with van der Waals surface area (Å²) in [5.74, 6) is 0.785. The van der Waals surface area contributed by atoms with Crippen LogP contribution in [0.2, 0.25) is 0 Å². The number of piperazine rings is 1. The zero-order valence-electron chi connectivity index (χ0n) is 12.7. The van der Waals surface area contributed by atoms with Crippen LogP contribution in [0.4, 0.5) is 0 Å². The average Bonchev–Trinajstić information content (AvgIpc) is 2.37. The SMILES string of the molecule is CCCC(CCCCN1CCN(C)CC1)COC. The van der Waals surface area contributed by atoms with Crippen molar-refractivity contribution in [3.63, 3.8) is 0 Å². The van der Waals surface area contributed by atoms with E-state index in [9.17, 15) is 0 Å². The van der Waals surface area contributed by atoms with Gasteiger partial charge in [0.1, 0.15) is 0 Å². The highest BCUT2D eigenvalue weighted by atomic mass is 16.5. The minimum atomic E-state index is 0.785. The highest BCUT2D eigenvalue weighted by Crippen LogP contribution is 2.15. The molecule has 0 aromatic carbocycles. The van der Waals surface area contributed by atoms with Crippen molar-refractivity contribution >= 4 is 0 Å². The molecule has 1 rings (SSSR count). The van der Waals surface area contributed by atoms with Gasteiger partial charge in [0.15, 0.2) is 0 Å². The second-order valence-corrected chi connectivity index (χ2v) is 5.75. The predicted molar refractivity (Wildman–Crippen MR) is 78.1 cm³/mol. The molecule has 0 aromatic heterocycles. The third-order valence-corrected chi connectivity index (χ3v) is 4.03. The van der Waals surface area contributed by atoms with Crippen molar-refractivity contribution in [1.29, 1.82) is 0 Å². The number of hydrogen-bond acceptors (Lipinski definition) is 3. The number of likely N-dealkylation sites (N-methyl/N-ethyl adjacent to an activating group) is 1. The van der Waals surface area contributed by atoms with Gasteiger partial charge in [0.2, 0.25) is 0 Å². The van der Waals surface area contributed by atoms with Crippen LogP contribution in [0.5, 0.6) is 0 Å². The smallest absolute Gasteiger partial charge is 0.0490 e. The summed E-state index contributed by atoms with van der Waals surface area (Å²) in [5, 5.41) is 0. The van der Waals surface area contributed by atoms with Gasteiger partial charge >= 0.3 is 0 Å². The summed E-state index contributed by atoms with van der Waals surface area (Å²) in [7, 11) is 4.05. The quantitative estimate of drug-likeness (QED) is 0.589. The molecule has 0 bridgehead atoms. The Bertz CT molecular complexity index is 185. The van der Waals surface area contributed by atoms with E-state index in [-0.39, 0.29) is 0 Å². The fourth-order valence-electron chi connectivity index (χ4n) is 2.79. The first-order valence-corrected chi connectivity index (χ1v) is 7.66. The van der Waals surface area contributed by atoms with Gasteiger partial charge in [-0.25, -0.2) is 0 Å². The van der Waals surface area contributed by atoms with Crippen LogP contribution in [0.1, 0.15) is 39.0 Å². The largest absolute Gasteiger partial charge is 0.384 e. The van der Waals surface area contributed by atoms with E-state index < -0.39 is 0 Å². The van der Waals surface area contributed by atoms with Crippen molar-refractivity contribution in [2.75, 3.05) is 53.5 Å². The molecule has 1 aliphatic rings. The van der Waals surface area contributed by atoms with Crippen LogP contribution in [-0.4, -0.2) is 63.3 Å². The minimum absolute atomic E-state index is 0.785. The minimum Gasteiger partial charge on any atom is -0.384 e.